The zero-order valence-corrected chi connectivity index (χ0v) is 12.5. The smallest absolute Gasteiger partial charge is 0.339 e. The first-order valence-corrected chi connectivity index (χ1v) is 7.81. The summed E-state index contributed by atoms with van der Waals surface area (Å²) in [5.41, 5.74) is -1.53. The molecule has 1 heterocycles. The van der Waals surface area contributed by atoms with E-state index in [2.05, 4.69) is 0 Å². The molecule has 0 spiro atoms. The van der Waals surface area contributed by atoms with E-state index < -0.39 is 32.9 Å². The van der Waals surface area contributed by atoms with Crippen molar-refractivity contribution in [3.8, 4) is 5.75 Å². The maximum absolute atomic E-state index is 12.4. The Morgan fingerprint density at radius 3 is 2.38 bits per heavy atom. The van der Waals surface area contributed by atoms with Crippen molar-refractivity contribution < 1.29 is 28.5 Å². The van der Waals surface area contributed by atoms with Crippen molar-refractivity contribution in [1.29, 1.82) is 0 Å². The molecule has 7 nitrogen and oxygen atoms in total. The van der Waals surface area contributed by atoms with E-state index in [1.54, 1.807) is 13.8 Å². The molecule has 1 aliphatic heterocycles. The van der Waals surface area contributed by atoms with Gasteiger partial charge in [-0.05, 0) is 24.1 Å². The summed E-state index contributed by atoms with van der Waals surface area (Å²) < 4.78 is 25.8. The Labute approximate surface area is 122 Å². The van der Waals surface area contributed by atoms with Crippen LogP contribution in [0.25, 0.3) is 0 Å². The number of aromatic hydroxyl groups is 1. The molecule has 2 rings (SSSR count). The van der Waals surface area contributed by atoms with Gasteiger partial charge in [0.15, 0.2) is 0 Å². The molecule has 3 N–H and O–H groups in total. The number of nitrogens with zero attached hydrogens (tertiary/aromatic N) is 1. The summed E-state index contributed by atoms with van der Waals surface area (Å²) in [4.78, 5) is 10.7. The van der Waals surface area contributed by atoms with Crippen LogP contribution in [-0.4, -0.2) is 52.7 Å². The van der Waals surface area contributed by atoms with Crippen molar-refractivity contribution in [2.75, 3.05) is 13.1 Å². The van der Waals surface area contributed by atoms with Crippen molar-refractivity contribution >= 4 is 16.0 Å². The van der Waals surface area contributed by atoms with Gasteiger partial charge in [0.05, 0.1) is 10.5 Å². The van der Waals surface area contributed by atoms with Crippen molar-refractivity contribution in [3.05, 3.63) is 23.8 Å². The lowest BCUT2D eigenvalue weighted by molar-refractivity contribution is -0.0932. The summed E-state index contributed by atoms with van der Waals surface area (Å²) in [5, 5.41) is 28.4. The largest absolute Gasteiger partial charge is 0.507 e. The average Bonchev–Trinajstić information content (AvgIpc) is 2.34. The van der Waals surface area contributed by atoms with Crippen molar-refractivity contribution in [1.82, 2.24) is 4.31 Å². The zero-order valence-electron chi connectivity index (χ0n) is 11.6. The second-order valence-corrected chi connectivity index (χ2v) is 7.45. The van der Waals surface area contributed by atoms with Gasteiger partial charge in [0.2, 0.25) is 10.0 Å². The Kier molecular flexibility index (Phi) is 3.73. The molecular formula is C13H17NO6S. The minimum atomic E-state index is -3.88. The Morgan fingerprint density at radius 1 is 1.33 bits per heavy atom. The number of sulfonamides is 1. The minimum Gasteiger partial charge on any atom is -0.507 e. The maximum atomic E-state index is 12.4. The molecule has 0 aliphatic carbocycles. The summed E-state index contributed by atoms with van der Waals surface area (Å²) >= 11 is 0. The highest BCUT2D eigenvalue weighted by Crippen LogP contribution is 2.34. The second kappa shape index (κ2) is 4.97. The Morgan fingerprint density at radius 2 is 1.90 bits per heavy atom. The summed E-state index contributed by atoms with van der Waals surface area (Å²) in [6.45, 7) is 3.53. The van der Waals surface area contributed by atoms with E-state index in [0.717, 1.165) is 22.5 Å². The number of β-amino-alcohol motifs (C(OH)–C–C–N with tert-alkyl or cyclic N) is 1. The van der Waals surface area contributed by atoms with Crippen LogP contribution >= 0.6 is 0 Å². The van der Waals surface area contributed by atoms with Gasteiger partial charge in [0.1, 0.15) is 11.3 Å². The highest BCUT2D eigenvalue weighted by molar-refractivity contribution is 7.89. The topological polar surface area (TPSA) is 115 Å². The number of hydrogen-bond acceptors (Lipinski definition) is 5. The van der Waals surface area contributed by atoms with Gasteiger partial charge in [0, 0.05) is 13.1 Å². The number of hydrogen-bond donors (Lipinski definition) is 3. The first-order valence-electron chi connectivity index (χ1n) is 6.37. The van der Waals surface area contributed by atoms with Gasteiger partial charge < -0.3 is 15.3 Å². The molecule has 1 aromatic carbocycles. The first-order chi connectivity index (χ1) is 9.58. The molecule has 0 atom stereocenters. The summed E-state index contributed by atoms with van der Waals surface area (Å²) in [6, 6.07) is 3.09. The number of phenols is 1. The van der Waals surface area contributed by atoms with Gasteiger partial charge in [-0.1, -0.05) is 13.8 Å². The van der Waals surface area contributed by atoms with E-state index >= 15 is 0 Å². The van der Waals surface area contributed by atoms with Crippen LogP contribution in [0.1, 0.15) is 24.2 Å². The van der Waals surface area contributed by atoms with E-state index in [1.807, 2.05) is 0 Å². The predicted octanol–water partition coefficient (Wildman–Crippen LogP) is 0.482. The molecular weight excluding hydrogens is 298 g/mol. The van der Waals surface area contributed by atoms with Crippen molar-refractivity contribution in [2.24, 2.45) is 5.92 Å². The number of benzene rings is 1. The second-order valence-electron chi connectivity index (χ2n) is 5.52. The van der Waals surface area contributed by atoms with Gasteiger partial charge in [0.25, 0.3) is 0 Å². The third-order valence-corrected chi connectivity index (χ3v) is 5.60. The molecule has 116 valence electrons. The summed E-state index contributed by atoms with van der Waals surface area (Å²) in [7, 11) is -3.88. The lowest BCUT2D eigenvalue weighted by Crippen LogP contribution is -2.65. The van der Waals surface area contributed by atoms with E-state index in [4.69, 9.17) is 5.11 Å². The van der Waals surface area contributed by atoms with Crippen LogP contribution in [0, 0.1) is 5.92 Å². The third-order valence-electron chi connectivity index (χ3n) is 3.81. The zero-order chi connectivity index (χ0) is 16.0. The van der Waals surface area contributed by atoms with Gasteiger partial charge in [-0.3, -0.25) is 0 Å². The van der Waals surface area contributed by atoms with Crippen LogP contribution in [0.15, 0.2) is 23.1 Å². The number of rotatable bonds is 4. The van der Waals surface area contributed by atoms with E-state index in [9.17, 15) is 23.4 Å². The Balaban J connectivity index is 2.30. The van der Waals surface area contributed by atoms with Crippen molar-refractivity contribution in [2.45, 2.75) is 24.3 Å². The monoisotopic (exact) mass is 315 g/mol. The Bertz CT molecular complexity index is 676. The standard InChI is InChI=1S/C13H17NO6S/c1-8(2)13(18)6-14(7-13)21(19,20)9-3-4-11(15)10(5-9)12(16)17/h3-5,8,15,18H,6-7H2,1-2H3,(H,16,17). The fourth-order valence-electron chi connectivity index (χ4n) is 2.10. The van der Waals surface area contributed by atoms with E-state index in [-0.39, 0.29) is 23.9 Å². The molecule has 0 radical (unpaired) electrons. The van der Waals surface area contributed by atoms with Crippen LogP contribution in [-0.2, 0) is 10.0 Å². The van der Waals surface area contributed by atoms with Crippen LogP contribution in [0.2, 0.25) is 0 Å². The molecule has 1 aromatic rings. The third kappa shape index (κ3) is 2.61. The predicted molar refractivity (Wildman–Crippen MR) is 73.6 cm³/mol. The van der Waals surface area contributed by atoms with E-state index in [1.165, 1.54) is 0 Å². The molecule has 1 saturated heterocycles. The molecule has 21 heavy (non-hydrogen) atoms. The summed E-state index contributed by atoms with van der Waals surface area (Å²) in [6.07, 6.45) is 0. The molecule has 8 heteroatoms. The van der Waals surface area contributed by atoms with Crippen LogP contribution < -0.4 is 0 Å². The molecule has 1 fully saturated rings. The maximum Gasteiger partial charge on any atom is 0.339 e. The summed E-state index contributed by atoms with van der Waals surface area (Å²) in [5.74, 6) is -1.99. The molecule has 1 aliphatic rings. The lowest BCUT2D eigenvalue weighted by Gasteiger charge is -2.47. The molecule has 0 aromatic heterocycles. The lowest BCUT2D eigenvalue weighted by atomic mass is 9.85. The van der Waals surface area contributed by atoms with Gasteiger partial charge in [-0.25, -0.2) is 13.2 Å². The quantitative estimate of drug-likeness (QED) is 0.744. The highest BCUT2D eigenvalue weighted by atomic mass is 32.2. The number of carboxylic acid groups (broad SMARTS) is 1. The fourth-order valence-corrected chi connectivity index (χ4v) is 3.69. The number of carboxylic acids is 1. The minimum absolute atomic E-state index is 0.0315. The number of aromatic carboxylic acids is 1. The van der Waals surface area contributed by atoms with Crippen molar-refractivity contribution in [3.63, 3.8) is 0 Å². The van der Waals surface area contributed by atoms with Gasteiger partial charge >= 0.3 is 5.97 Å². The molecule has 0 bridgehead atoms. The van der Waals surface area contributed by atoms with Crippen LogP contribution in [0.5, 0.6) is 5.75 Å². The first kappa shape index (κ1) is 15.7. The molecule has 0 saturated carbocycles. The number of carbonyl (C=O) groups is 1. The average molecular weight is 315 g/mol. The van der Waals surface area contributed by atoms with Gasteiger partial charge in [-0.2, -0.15) is 4.31 Å². The SMILES string of the molecule is CC(C)C1(O)CN(S(=O)(=O)c2ccc(O)c(C(=O)O)c2)C1. The van der Waals surface area contributed by atoms with Crippen LogP contribution in [0.3, 0.4) is 0 Å². The highest BCUT2D eigenvalue weighted by Gasteiger charge is 2.49. The van der Waals surface area contributed by atoms with Gasteiger partial charge in [-0.15, -0.1) is 0 Å². The fraction of sp³-hybridized carbons (Fsp3) is 0.462. The normalized spacial score (nSPS) is 18.5. The van der Waals surface area contributed by atoms with Crippen LogP contribution in [0.4, 0.5) is 0 Å². The molecule has 0 amide bonds. The Hall–Kier alpha value is -1.64. The van der Waals surface area contributed by atoms with E-state index in [0.29, 0.717) is 0 Å². The number of aliphatic hydroxyl groups is 1. The molecule has 0 unspecified atom stereocenters.